The van der Waals surface area contributed by atoms with Crippen molar-refractivity contribution in [3.05, 3.63) is 12.2 Å². The molecule has 0 heterocycles. The summed E-state index contributed by atoms with van der Waals surface area (Å²) in [7, 11) is -3.60. The van der Waals surface area contributed by atoms with Gasteiger partial charge in [0, 0.05) is 5.57 Å². The normalized spacial score (nSPS) is 14.3. The Morgan fingerprint density at radius 2 is 1.71 bits per heavy atom. The summed E-state index contributed by atoms with van der Waals surface area (Å²) in [6.45, 7) is 18.0. The second kappa shape index (κ2) is 5.97. The van der Waals surface area contributed by atoms with Crippen LogP contribution in [0.4, 0.5) is 0 Å². The fourth-order valence-corrected chi connectivity index (χ4v) is 10.0. The van der Waals surface area contributed by atoms with Crippen molar-refractivity contribution in [1.29, 1.82) is 0 Å². The monoisotopic (exact) mass is 274 g/mol. The molecule has 0 aliphatic heterocycles. The van der Waals surface area contributed by atoms with E-state index in [1.165, 1.54) is 0 Å². The van der Waals surface area contributed by atoms with Crippen molar-refractivity contribution in [1.82, 2.24) is 0 Å². The van der Waals surface area contributed by atoms with E-state index in [9.17, 15) is 4.79 Å². The molecule has 100 valence electrons. The summed E-state index contributed by atoms with van der Waals surface area (Å²) in [6.07, 6.45) is 0.794. The van der Waals surface area contributed by atoms with Gasteiger partial charge in [0.2, 0.25) is 8.32 Å². The Morgan fingerprint density at radius 1 is 1.24 bits per heavy atom. The van der Waals surface area contributed by atoms with Crippen LogP contribution in [0, 0.1) is 0 Å². The molecule has 0 unspecified atom stereocenters. The van der Waals surface area contributed by atoms with Crippen LogP contribution in [0.3, 0.4) is 0 Å². The Hall–Kier alpha value is -0.396. The molecule has 0 radical (unpaired) electrons. The average Bonchev–Trinajstić information content (AvgIpc) is 2.08. The van der Waals surface area contributed by atoms with Crippen LogP contribution >= 0.6 is 0 Å². The summed E-state index contributed by atoms with van der Waals surface area (Å²) in [6, 6.07) is 0. The Labute approximate surface area is 107 Å². The number of esters is 1. The van der Waals surface area contributed by atoms with Crippen LogP contribution < -0.4 is 0 Å². The van der Waals surface area contributed by atoms with Crippen LogP contribution in [0.15, 0.2) is 12.2 Å². The topological polar surface area (TPSA) is 35.5 Å². The molecule has 0 bridgehead atoms. The van der Waals surface area contributed by atoms with Crippen molar-refractivity contribution in [2.24, 2.45) is 0 Å². The highest BCUT2D eigenvalue weighted by molar-refractivity contribution is 6.84. The highest BCUT2D eigenvalue weighted by Crippen LogP contribution is 2.22. The van der Waals surface area contributed by atoms with Gasteiger partial charge in [-0.2, -0.15) is 0 Å². The molecule has 0 amide bonds. The summed E-state index contributed by atoms with van der Waals surface area (Å²) in [5, 5.41) is 0. The van der Waals surface area contributed by atoms with Gasteiger partial charge in [-0.3, -0.25) is 0 Å². The van der Waals surface area contributed by atoms with Crippen LogP contribution in [0.1, 0.15) is 20.3 Å². The first-order chi connectivity index (χ1) is 7.49. The first-order valence-electron chi connectivity index (χ1n) is 6.06. The smallest absolute Gasteiger partial charge is 0.333 e. The maximum atomic E-state index is 11.6. The zero-order valence-corrected chi connectivity index (χ0v) is 14.2. The van der Waals surface area contributed by atoms with Crippen LogP contribution in [0.5, 0.6) is 0 Å². The summed E-state index contributed by atoms with van der Waals surface area (Å²) < 4.78 is 11.7. The lowest BCUT2D eigenvalue weighted by atomic mass is 10.4. The molecule has 0 aromatic carbocycles. The van der Waals surface area contributed by atoms with Crippen molar-refractivity contribution in [2.45, 2.75) is 58.7 Å². The molecule has 0 aromatic heterocycles. The molecule has 0 fully saturated rings. The van der Waals surface area contributed by atoms with Crippen LogP contribution in [0.2, 0.25) is 32.7 Å². The van der Waals surface area contributed by atoms with Crippen LogP contribution in [-0.2, 0) is 13.6 Å². The zero-order chi connectivity index (χ0) is 13.9. The molecule has 0 saturated heterocycles. The van der Waals surface area contributed by atoms with E-state index in [0.29, 0.717) is 5.57 Å². The van der Waals surface area contributed by atoms with Crippen molar-refractivity contribution in [3.8, 4) is 0 Å². The van der Waals surface area contributed by atoms with E-state index in [2.05, 4.69) is 39.3 Å². The second-order valence-corrected chi connectivity index (χ2v) is 14.8. The van der Waals surface area contributed by atoms with E-state index in [0.717, 1.165) is 6.42 Å². The van der Waals surface area contributed by atoms with E-state index < -0.39 is 16.6 Å². The molecule has 17 heavy (non-hydrogen) atoms. The van der Waals surface area contributed by atoms with Crippen molar-refractivity contribution in [3.63, 3.8) is 0 Å². The van der Waals surface area contributed by atoms with Crippen LogP contribution in [-0.4, -0.2) is 28.3 Å². The molecule has 1 atom stereocenters. The van der Waals surface area contributed by atoms with Gasteiger partial charge in [-0.25, -0.2) is 4.79 Å². The van der Waals surface area contributed by atoms with Gasteiger partial charge in [0.1, 0.15) is 5.73 Å². The highest BCUT2D eigenvalue weighted by Gasteiger charge is 2.39. The molecule has 0 aromatic rings. The average molecular weight is 275 g/mol. The molecule has 5 heteroatoms. The zero-order valence-electron chi connectivity index (χ0n) is 12.2. The summed E-state index contributed by atoms with van der Waals surface area (Å²) >= 11 is 0. The molecular weight excluding hydrogens is 248 g/mol. The Morgan fingerprint density at radius 3 is 2.00 bits per heavy atom. The van der Waals surface area contributed by atoms with E-state index in [1.807, 2.05) is 6.92 Å². The lowest BCUT2D eigenvalue weighted by Crippen LogP contribution is -2.52. The van der Waals surface area contributed by atoms with E-state index in [1.54, 1.807) is 6.92 Å². The fraction of sp³-hybridized carbons (Fsp3) is 0.750. The summed E-state index contributed by atoms with van der Waals surface area (Å²) in [5.41, 5.74) is 0.347. The lowest BCUT2D eigenvalue weighted by molar-refractivity contribution is -0.141. The van der Waals surface area contributed by atoms with E-state index in [4.69, 9.17) is 8.85 Å². The van der Waals surface area contributed by atoms with Gasteiger partial charge in [-0.1, -0.05) is 13.5 Å². The van der Waals surface area contributed by atoms with Gasteiger partial charge >= 0.3 is 5.97 Å². The Balaban J connectivity index is 4.74. The summed E-state index contributed by atoms with van der Waals surface area (Å²) in [5.74, 6) is -0.309. The quantitative estimate of drug-likeness (QED) is 0.422. The number of carbonyl (C=O) groups excluding carboxylic acids is 1. The predicted molar refractivity (Wildman–Crippen MR) is 76.9 cm³/mol. The Bertz CT molecular complexity index is 293. The largest absolute Gasteiger partial charge is 0.460 e. The maximum Gasteiger partial charge on any atom is 0.333 e. The maximum absolute atomic E-state index is 11.6. The molecule has 0 N–H and O–H groups in total. The molecule has 0 rings (SSSR count). The standard InChI is InChI=1S/C12H26O3Si2/c1-9-11(14-12(13)10(2)3)17(7,8)15-16(4,5)6/h11H,2,9H2,1,3-8H3/t11-/m0/s1. The number of ether oxygens (including phenoxy) is 1. The first-order valence-corrected chi connectivity index (χ1v) is 12.5. The van der Waals surface area contributed by atoms with Gasteiger partial charge in [-0.15, -0.1) is 0 Å². The second-order valence-electron chi connectivity index (χ2n) is 5.90. The number of carbonyl (C=O) groups is 1. The van der Waals surface area contributed by atoms with Gasteiger partial charge in [0.15, 0.2) is 8.32 Å². The van der Waals surface area contributed by atoms with Gasteiger partial charge in [0.25, 0.3) is 0 Å². The molecule has 0 aliphatic rings. The van der Waals surface area contributed by atoms with Crippen molar-refractivity contribution in [2.75, 3.05) is 0 Å². The molecule has 0 saturated carbocycles. The third kappa shape index (κ3) is 6.19. The minimum absolute atomic E-state index is 0.0987. The Kier molecular flexibility index (Phi) is 5.83. The molecule has 0 spiro atoms. The number of rotatable bonds is 6. The number of hydrogen-bond acceptors (Lipinski definition) is 3. The van der Waals surface area contributed by atoms with Gasteiger partial charge in [-0.05, 0) is 46.1 Å². The third-order valence-corrected chi connectivity index (χ3v) is 8.94. The SMILES string of the molecule is C=C(C)C(=O)O[C@H](CC)[Si](C)(C)O[Si](C)(C)C. The molecule has 3 nitrogen and oxygen atoms in total. The van der Waals surface area contributed by atoms with Gasteiger partial charge < -0.3 is 8.85 Å². The highest BCUT2D eigenvalue weighted by atomic mass is 28.4. The molecular formula is C12H26O3Si2. The third-order valence-electron chi connectivity index (χ3n) is 2.31. The van der Waals surface area contributed by atoms with E-state index in [-0.39, 0.29) is 11.7 Å². The first kappa shape index (κ1) is 16.6. The minimum Gasteiger partial charge on any atom is -0.460 e. The summed E-state index contributed by atoms with van der Waals surface area (Å²) in [4.78, 5) is 11.6. The van der Waals surface area contributed by atoms with Crippen molar-refractivity contribution < 1.29 is 13.6 Å². The lowest BCUT2D eigenvalue weighted by Gasteiger charge is -2.36. The van der Waals surface area contributed by atoms with Crippen LogP contribution in [0.25, 0.3) is 0 Å². The predicted octanol–water partition coefficient (Wildman–Crippen LogP) is 3.48. The van der Waals surface area contributed by atoms with Gasteiger partial charge in [0.05, 0.1) is 0 Å². The van der Waals surface area contributed by atoms with E-state index >= 15 is 0 Å². The fourth-order valence-electron chi connectivity index (χ4n) is 1.80. The molecule has 0 aliphatic carbocycles. The minimum atomic E-state index is -2.00. The van der Waals surface area contributed by atoms with Crippen molar-refractivity contribution >= 4 is 22.6 Å². The number of hydrogen-bond donors (Lipinski definition) is 0.